The summed E-state index contributed by atoms with van der Waals surface area (Å²) in [5.41, 5.74) is -0.154. The summed E-state index contributed by atoms with van der Waals surface area (Å²) in [4.78, 5) is 35.4. The van der Waals surface area contributed by atoms with Gasteiger partial charge < -0.3 is 10.1 Å². The van der Waals surface area contributed by atoms with Gasteiger partial charge in [0.1, 0.15) is 5.69 Å². The van der Waals surface area contributed by atoms with Gasteiger partial charge in [-0.15, -0.1) is 0 Å². The number of benzene rings is 2. The fraction of sp³-hybridized carbons (Fsp3) is 0.222. The molecule has 1 amide bonds. The van der Waals surface area contributed by atoms with Crippen LogP contribution in [0.1, 0.15) is 24.2 Å². The van der Waals surface area contributed by atoms with E-state index in [4.69, 9.17) is 4.74 Å². The van der Waals surface area contributed by atoms with Crippen LogP contribution in [-0.2, 0) is 20.3 Å². The summed E-state index contributed by atoms with van der Waals surface area (Å²) in [6.45, 7) is 3.07. The van der Waals surface area contributed by atoms with Crippen molar-refractivity contribution in [3.63, 3.8) is 0 Å². The Morgan fingerprint density at radius 1 is 1.19 bits per heavy atom. The second kappa shape index (κ2) is 9.04. The smallest absolute Gasteiger partial charge is 0.340 e. The van der Waals surface area contributed by atoms with Crippen LogP contribution in [0.3, 0.4) is 0 Å². The van der Waals surface area contributed by atoms with Crippen molar-refractivity contribution >= 4 is 34.1 Å². The first kappa shape index (κ1) is 20.2. The van der Waals surface area contributed by atoms with Crippen molar-refractivity contribution in [2.75, 3.05) is 11.1 Å². The first-order chi connectivity index (χ1) is 12.8. The maximum absolute atomic E-state index is 12.4. The van der Waals surface area contributed by atoms with Gasteiger partial charge in [0.25, 0.3) is 11.6 Å². The molecule has 8 nitrogen and oxygen atoms in total. The topological polar surface area (TPSA) is 116 Å². The fourth-order valence-corrected chi connectivity index (χ4v) is 3.18. The zero-order valence-corrected chi connectivity index (χ0v) is 15.5. The van der Waals surface area contributed by atoms with Crippen molar-refractivity contribution in [3.05, 3.63) is 64.2 Å². The Morgan fingerprint density at radius 2 is 1.81 bits per heavy atom. The molecule has 0 unspecified atom stereocenters. The maximum atomic E-state index is 12.4. The van der Waals surface area contributed by atoms with E-state index in [1.807, 2.05) is 0 Å². The predicted molar refractivity (Wildman–Crippen MR) is 100.0 cm³/mol. The lowest BCUT2D eigenvalue weighted by Gasteiger charge is -2.15. The molecule has 0 saturated carbocycles. The van der Waals surface area contributed by atoms with Crippen molar-refractivity contribution in [1.29, 1.82) is 0 Å². The molecule has 142 valence electrons. The second-order valence-electron chi connectivity index (χ2n) is 5.44. The third kappa shape index (κ3) is 4.98. The monoisotopic (exact) mass is 390 g/mol. The van der Waals surface area contributed by atoms with E-state index < -0.39 is 33.7 Å². The van der Waals surface area contributed by atoms with Gasteiger partial charge in [-0.25, -0.2) is 4.79 Å². The third-order valence-electron chi connectivity index (χ3n) is 3.63. The number of hydrogen-bond acceptors (Lipinski definition) is 6. The van der Waals surface area contributed by atoms with Gasteiger partial charge in [-0.2, -0.15) is 0 Å². The van der Waals surface area contributed by atoms with Crippen LogP contribution in [0.25, 0.3) is 0 Å². The van der Waals surface area contributed by atoms with Crippen molar-refractivity contribution in [3.8, 4) is 0 Å². The molecule has 0 aliphatic heterocycles. The molecule has 0 spiro atoms. The molecule has 1 N–H and O–H groups in total. The number of esters is 1. The normalized spacial score (nSPS) is 12.7. The number of amides is 1. The van der Waals surface area contributed by atoms with E-state index in [1.54, 1.807) is 25.1 Å². The molecule has 0 fully saturated rings. The number of rotatable bonds is 7. The van der Waals surface area contributed by atoms with Crippen LogP contribution in [-0.4, -0.2) is 32.9 Å². The molecule has 0 aromatic heterocycles. The summed E-state index contributed by atoms with van der Waals surface area (Å²) in [6.07, 6.45) is -1.21. The molecule has 27 heavy (non-hydrogen) atoms. The number of hydrogen-bond donors (Lipinski definition) is 1. The Morgan fingerprint density at radius 3 is 2.48 bits per heavy atom. The van der Waals surface area contributed by atoms with Crippen LogP contribution < -0.4 is 5.32 Å². The van der Waals surface area contributed by atoms with Crippen LogP contribution in [0.4, 0.5) is 11.4 Å². The van der Waals surface area contributed by atoms with Crippen LogP contribution >= 0.6 is 0 Å². The molecular formula is C18H18N2O6S. The molecule has 0 aliphatic rings. The van der Waals surface area contributed by atoms with Crippen LogP contribution in [0, 0.1) is 10.1 Å². The van der Waals surface area contributed by atoms with Crippen molar-refractivity contribution in [2.24, 2.45) is 0 Å². The summed E-state index contributed by atoms with van der Waals surface area (Å²) in [5, 5.41) is 13.4. The minimum absolute atomic E-state index is 0.00267. The van der Waals surface area contributed by atoms with E-state index in [-0.39, 0.29) is 16.9 Å². The molecule has 2 aromatic rings. The Balaban J connectivity index is 2.13. The Hall–Kier alpha value is -3.07. The highest BCUT2D eigenvalue weighted by molar-refractivity contribution is 7.85. The van der Waals surface area contributed by atoms with Crippen molar-refractivity contribution < 1.29 is 23.5 Å². The average molecular weight is 390 g/mol. The lowest BCUT2D eigenvalue weighted by atomic mass is 10.2. The second-order valence-corrected chi connectivity index (χ2v) is 7.15. The third-order valence-corrected chi connectivity index (χ3v) is 5.00. The average Bonchev–Trinajstić information content (AvgIpc) is 2.67. The first-order valence-electron chi connectivity index (χ1n) is 8.07. The number of carbonyl (C=O) groups excluding carboxylic acids is 2. The molecule has 2 rings (SSSR count). The van der Waals surface area contributed by atoms with E-state index in [1.165, 1.54) is 37.3 Å². The summed E-state index contributed by atoms with van der Waals surface area (Å²) < 4.78 is 17.2. The van der Waals surface area contributed by atoms with Gasteiger partial charge in [-0.1, -0.05) is 31.2 Å². The van der Waals surface area contributed by atoms with Crippen LogP contribution in [0.2, 0.25) is 0 Å². The summed E-state index contributed by atoms with van der Waals surface area (Å²) in [7, 11) is -1.36. The Labute approximate surface area is 158 Å². The number of carbonyl (C=O) groups is 2. The first-order valence-corrected chi connectivity index (χ1v) is 9.39. The molecular weight excluding hydrogens is 372 g/mol. The van der Waals surface area contributed by atoms with Crippen molar-refractivity contribution in [1.82, 2.24) is 0 Å². The number of nitro benzene ring substituents is 1. The minimum atomic E-state index is -1.36. The molecule has 0 radical (unpaired) electrons. The maximum Gasteiger partial charge on any atom is 0.340 e. The van der Waals surface area contributed by atoms with Crippen LogP contribution in [0.15, 0.2) is 53.4 Å². The van der Waals surface area contributed by atoms with E-state index in [0.717, 1.165) is 0 Å². The number of nitro groups is 1. The highest BCUT2D eigenvalue weighted by Gasteiger charge is 2.24. The number of anilines is 1. The van der Waals surface area contributed by atoms with Crippen LogP contribution in [0.5, 0.6) is 0 Å². The van der Waals surface area contributed by atoms with Gasteiger partial charge in [-0.3, -0.25) is 19.1 Å². The quantitative estimate of drug-likeness (QED) is 0.441. The zero-order chi connectivity index (χ0) is 20.0. The highest BCUT2D eigenvalue weighted by Crippen LogP contribution is 2.23. The standard InChI is InChI=1S/C18H18N2O6S/c1-3-27(25)16-11-7-4-8-13(16)18(22)26-12(2)17(21)19-14-9-5-6-10-15(14)20(23)24/h4-12H,3H2,1-2H3,(H,19,21)/t12-,27-/m0/s1. The lowest BCUT2D eigenvalue weighted by Crippen LogP contribution is -2.30. The lowest BCUT2D eigenvalue weighted by molar-refractivity contribution is -0.383. The van der Waals surface area contributed by atoms with Gasteiger partial charge >= 0.3 is 5.97 Å². The van der Waals surface area contributed by atoms with E-state index >= 15 is 0 Å². The largest absolute Gasteiger partial charge is 0.449 e. The highest BCUT2D eigenvalue weighted by atomic mass is 32.2. The van der Waals surface area contributed by atoms with Crippen molar-refractivity contribution in [2.45, 2.75) is 24.8 Å². The number of ether oxygens (including phenoxy) is 1. The number of para-hydroxylation sites is 2. The van der Waals surface area contributed by atoms with E-state index in [2.05, 4.69) is 5.32 Å². The SMILES string of the molecule is CC[S@](=O)c1ccccc1C(=O)O[C@@H](C)C(=O)Nc1ccccc1[N+](=O)[O-]. The summed E-state index contributed by atoms with van der Waals surface area (Å²) in [6, 6.07) is 11.9. The van der Waals surface area contributed by atoms with Gasteiger partial charge in [0.15, 0.2) is 6.10 Å². The Bertz CT molecular complexity index is 899. The number of nitrogens with zero attached hydrogens (tertiary/aromatic N) is 1. The minimum Gasteiger partial charge on any atom is -0.449 e. The zero-order valence-electron chi connectivity index (χ0n) is 14.7. The predicted octanol–water partition coefficient (Wildman–Crippen LogP) is 2.91. The summed E-state index contributed by atoms with van der Waals surface area (Å²) in [5.74, 6) is -1.18. The Kier molecular flexibility index (Phi) is 6.78. The van der Waals surface area contributed by atoms with E-state index in [0.29, 0.717) is 10.6 Å². The van der Waals surface area contributed by atoms with Gasteiger partial charge in [0.05, 0.1) is 26.2 Å². The van der Waals surface area contributed by atoms with Gasteiger partial charge in [0, 0.05) is 11.8 Å². The van der Waals surface area contributed by atoms with E-state index in [9.17, 15) is 23.9 Å². The van der Waals surface area contributed by atoms with Gasteiger partial charge in [-0.05, 0) is 25.1 Å². The number of nitrogens with one attached hydrogen (secondary N) is 1. The molecule has 2 aromatic carbocycles. The molecule has 0 saturated heterocycles. The molecule has 0 aliphatic carbocycles. The molecule has 2 atom stereocenters. The molecule has 0 heterocycles. The molecule has 9 heteroatoms. The fourth-order valence-electron chi connectivity index (χ4n) is 2.24. The molecule has 0 bridgehead atoms. The van der Waals surface area contributed by atoms with Gasteiger partial charge in [0.2, 0.25) is 0 Å². The summed E-state index contributed by atoms with van der Waals surface area (Å²) >= 11 is 0.